The van der Waals surface area contributed by atoms with Crippen LogP contribution in [0.15, 0.2) is 39.9 Å². The van der Waals surface area contributed by atoms with Crippen molar-refractivity contribution in [2.24, 2.45) is 5.10 Å². The van der Waals surface area contributed by atoms with Crippen LogP contribution in [0.5, 0.6) is 0 Å². The maximum Gasteiger partial charge on any atom is 0.374 e. The fraction of sp³-hybridized carbons (Fsp3) is 0.368. The Labute approximate surface area is 141 Å². The number of benzene rings is 1. The number of carbonyl (C=O) groups excluding carboxylic acids is 1. The minimum Gasteiger partial charge on any atom is -0.460 e. The van der Waals surface area contributed by atoms with Gasteiger partial charge in [0.25, 0.3) is 0 Å². The predicted octanol–water partition coefficient (Wildman–Crippen LogP) is 4.31. The predicted molar refractivity (Wildman–Crippen MR) is 93.6 cm³/mol. The number of nitrogens with zero attached hydrogens (tertiary/aromatic N) is 1. The van der Waals surface area contributed by atoms with Gasteiger partial charge >= 0.3 is 5.97 Å². The minimum absolute atomic E-state index is 0.308. The zero-order valence-corrected chi connectivity index (χ0v) is 14.1. The Hall–Kier alpha value is -2.56. The van der Waals surface area contributed by atoms with Crippen molar-refractivity contribution >= 4 is 17.4 Å². The van der Waals surface area contributed by atoms with E-state index in [1.165, 1.54) is 0 Å². The maximum absolute atomic E-state index is 12.2. The second-order valence-corrected chi connectivity index (χ2v) is 5.88. The van der Waals surface area contributed by atoms with Crippen LogP contribution >= 0.6 is 0 Å². The van der Waals surface area contributed by atoms with Gasteiger partial charge in [-0.2, -0.15) is 5.10 Å². The van der Waals surface area contributed by atoms with Crippen LogP contribution in [-0.4, -0.2) is 18.3 Å². The van der Waals surface area contributed by atoms with Gasteiger partial charge in [0, 0.05) is 17.5 Å². The number of esters is 1. The van der Waals surface area contributed by atoms with Crippen molar-refractivity contribution < 1.29 is 13.9 Å². The summed E-state index contributed by atoms with van der Waals surface area (Å²) in [6.45, 7) is 4.27. The number of ether oxygens (including phenoxy) is 1. The van der Waals surface area contributed by atoms with Gasteiger partial charge in [0.2, 0.25) is 5.76 Å². The molecule has 0 spiro atoms. The molecule has 5 heteroatoms. The van der Waals surface area contributed by atoms with E-state index < -0.39 is 0 Å². The van der Waals surface area contributed by atoms with Gasteiger partial charge in [-0.25, -0.2) is 4.79 Å². The molecule has 0 radical (unpaired) electrons. The molecule has 0 saturated carbocycles. The zero-order chi connectivity index (χ0) is 16.9. The van der Waals surface area contributed by atoms with Gasteiger partial charge in [0.05, 0.1) is 18.0 Å². The van der Waals surface area contributed by atoms with E-state index in [1.807, 2.05) is 44.2 Å². The summed E-state index contributed by atoms with van der Waals surface area (Å²) < 4.78 is 11.0. The van der Waals surface area contributed by atoms with E-state index in [9.17, 15) is 4.79 Å². The molecule has 0 atom stereocenters. The molecule has 0 bridgehead atoms. The van der Waals surface area contributed by atoms with E-state index >= 15 is 0 Å². The number of hydrogen-bond donors (Lipinski definition) is 1. The summed E-state index contributed by atoms with van der Waals surface area (Å²) in [5.41, 5.74) is 6.71. The molecule has 0 unspecified atom stereocenters. The summed E-state index contributed by atoms with van der Waals surface area (Å²) in [6.07, 6.45) is 3.43. The van der Waals surface area contributed by atoms with Gasteiger partial charge in [-0.3, -0.25) is 5.43 Å². The van der Waals surface area contributed by atoms with Gasteiger partial charge in [0.1, 0.15) is 5.76 Å². The first-order valence-corrected chi connectivity index (χ1v) is 8.38. The Bertz CT molecular complexity index is 747. The highest BCUT2D eigenvalue weighted by Gasteiger charge is 2.28. The van der Waals surface area contributed by atoms with E-state index in [2.05, 4.69) is 10.5 Å². The molecular weight excluding hydrogens is 304 g/mol. The number of carbonyl (C=O) groups is 1. The second-order valence-electron chi connectivity index (χ2n) is 5.88. The molecule has 0 fully saturated rings. The number of nitrogens with one attached hydrogen (secondary N) is 1. The SMILES string of the molecule is CCCOC(=O)c1oc2c(c1C)/C(=N/Nc1ccccc1)CCC2. The third kappa shape index (κ3) is 3.35. The summed E-state index contributed by atoms with van der Waals surface area (Å²) in [4.78, 5) is 12.2. The number of rotatable bonds is 5. The lowest BCUT2D eigenvalue weighted by Gasteiger charge is -2.13. The second kappa shape index (κ2) is 7.34. The molecular formula is C19H22N2O3. The molecule has 0 amide bonds. The lowest BCUT2D eigenvalue weighted by atomic mass is 9.93. The first kappa shape index (κ1) is 16.3. The third-order valence-corrected chi connectivity index (χ3v) is 4.04. The van der Waals surface area contributed by atoms with Crippen molar-refractivity contribution in [3.63, 3.8) is 0 Å². The lowest BCUT2D eigenvalue weighted by Crippen LogP contribution is -2.13. The highest BCUT2D eigenvalue weighted by Crippen LogP contribution is 2.30. The number of para-hydroxylation sites is 1. The van der Waals surface area contributed by atoms with Crippen molar-refractivity contribution in [3.8, 4) is 0 Å². The molecule has 5 nitrogen and oxygen atoms in total. The maximum atomic E-state index is 12.2. The van der Waals surface area contributed by atoms with E-state index in [4.69, 9.17) is 9.15 Å². The molecule has 1 aliphatic carbocycles. The molecule has 1 aliphatic rings. The standard InChI is InChI=1S/C19H22N2O3/c1-3-12-23-19(22)18-13(2)17-15(10-7-11-16(17)24-18)21-20-14-8-5-4-6-9-14/h4-6,8-9,20H,3,7,10-12H2,1-2H3/b21-15+. The zero-order valence-electron chi connectivity index (χ0n) is 14.1. The van der Waals surface area contributed by atoms with Crippen molar-refractivity contribution in [1.82, 2.24) is 0 Å². The monoisotopic (exact) mass is 326 g/mol. The van der Waals surface area contributed by atoms with Crippen LogP contribution in [0.2, 0.25) is 0 Å². The molecule has 24 heavy (non-hydrogen) atoms. The summed E-state index contributed by atoms with van der Waals surface area (Å²) in [6, 6.07) is 9.80. The molecule has 0 aliphatic heterocycles. The Morgan fingerprint density at radius 2 is 2.08 bits per heavy atom. The molecule has 1 aromatic heterocycles. The van der Waals surface area contributed by atoms with Gasteiger partial charge < -0.3 is 9.15 Å². The Morgan fingerprint density at radius 3 is 2.83 bits per heavy atom. The van der Waals surface area contributed by atoms with Crippen LogP contribution in [0, 0.1) is 6.92 Å². The van der Waals surface area contributed by atoms with Gasteiger partial charge in [0.15, 0.2) is 0 Å². The molecule has 3 rings (SSSR count). The van der Waals surface area contributed by atoms with Crippen LogP contribution in [0.25, 0.3) is 0 Å². The molecule has 2 aromatic rings. The minimum atomic E-state index is -0.390. The topological polar surface area (TPSA) is 63.8 Å². The van der Waals surface area contributed by atoms with Gasteiger partial charge in [-0.15, -0.1) is 0 Å². The Balaban J connectivity index is 1.87. The van der Waals surface area contributed by atoms with Gasteiger partial charge in [-0.1, -0.05) is 25.1 Å². The third-order valence-electron chi connectivity index (χ3n) is 4.04. The molecule has 126 valence electrons. The summed E-state index contributed by atoms with van der Waals surface area (Å²) in [5, 5.41) is 4.54. The highest BCUT2D eigenvalue weighted by atomic mass is 16.5. The number of fused-ring (bicyclic) bond motifs is 1. The van der Waals surface area contributed by atoms with Crippen LogP contribution < -0.4 is 5.43 Å². The van der Waals surface area contributed by atoms with E-state index in [1.54, 1.807) is 0 Å². The average molecular weight is 326 g/mol. The Morgan fingerprint density at radius 1 is 1.29 bits per heavy atom. The summed E-state index contributed by atoms with van der Waals surface area (Å²) in [5.74, 6) is 0.748. The number of hydrogen-bond acceptors (Lipinski definition) is 5. The van der Waals surface area contributed by atoms with Crippen molar-refractivity contribution in [1.29, 1.82) is 0 Å². The number of anilines is 1. The first-order chi connectivity index (χ1) is 11.7. The lowest BCUT2D eigenvalue weighted by molar-refractivity contribution is 0.0465. The van der Waals surface area contributed by atoms with Gasteiger partial charge in [-0.05, 0) is 38.3 Å². The molecule has 1 aromatic carbocycles. The fourth-order valence-corrected chi connectivity index (χ4v) is 2.88. The smallest absolute Gasteiger partial charge is 0.374 e. The fourth-order valence-electron chi connectivity index (χ4n) is 2.88. The summed E-state index contributed by atoms with van der Waals surface area (Å²) in [7, 11) is 0. The normalized spacial score (nSPS) is 15.2. The Kier molecular flexibility index (Phi) is 4.99. The first-order valence-electron chi connectivity index (χ1n) is 8.38. The number of aryl methyl sites for hydroxylation is 1. The summed E-state index contributed by atoms with van der Waals surface area (Å²) >= 11 is 0. The van der Waals surface area contributed by atoms with E-state index in [0.717, 1.165) is 54.0 Å². The molecule has 1 N–H and O–H groups in total. The van der Waals surface area contributed by atoms with Crippen LogP contribution in [0.1, 0.15) is 53.6 Å². The largest absolute Gasteiger partial charge is 0.460 e. The van der Waals surface area contributed by atoms with Crippen molar-refractivity contribution in [2.75, 3.05) is 12.0 Å². The molecule has 0 saturated heterocycles. The number of furan rings is 1. The van der Waals surface area contributed by atoms with Crippen LogP contribution in [0.4, 0.5) is 5.69 Å². The van der Waals surface area contributed by atoms with Crippen molar-refractivity contribution in [3.05, 3.63) is 53.0 Å². The number of hydrazone groups is 1. The highest BCUT2D eigenvalue weighted by molar-refractivity contribution is 6.06. The quantitative estimate of drug-likeness (QED) is 0.657. The van der Waals surface area contributed by atoms with E-state index in [0.29, 0.717) is 12.4 Å². The van der Waals surface area contributed by atoms with Crippen molar-refractivity contribution in [2.45, 2.75) is 39.5 Å². The average Bonchev–Trinajstić information content (AvgIpc) is 2.96. The van der Waals surface area contributed by atoms with Crippen LogP contribution in [-0.2, 0) is 11.2 Å². The molecule has 1 heterocycles. The van der Waals surface area contributed by atoms with E-state index in [-0.39, 0.29) is 5.97 Å². The van der Waals surface area contributed by atoms with Crippen LogP contribution in [0.3, 0.4) is 0 Å².